The zero-order valence-corrected chi connectivity index (χ0v) is 11.5. The van der Waals surface area contributed by atoms with Gasteiger partial charge in [0.2, 0.25) is 0 Å². The van der Waals surface area contributed by atoms with Crippen molar-refractivity contribution in [2.75, 3.05) is 13.2 Å². The third-order valence-corrected chi connectivity index (χ3v) is 2.58. The molecule has 0 saturated heterocycles. The second kappa shape index (κ2) is 8.29. The van der Waals surface area contributed by atoms with Gasteiger partial charge in [-0.15, -0.1) is 0 Å². The molecule has 19 heavy (non-hydrogen) atoms. The van der Waals surface area contributed by atoms with Crippen LogP contribution in [0.1, 0.15) is 43.5 Å². The van der Waals surface area contributed by atoms with E-state index in [9.17, 15) is 9.59 Å². The van der Waals surface area contributed by atoms with Crippen molar-refractivity contribution in [3.05, 3.63) is 29.8 Å². The number of rotatable bonds is 8. The number of hydrogen-bond donors (Lipinski definition) is 0. The van der Waals surface area contributed by atoms with E-state index in [1.807, 2.05) is 6.92 Å². The Kier molecular flexibility index (Phi) is 6.64. The van der Waals surface area contributed by atoms with Crippen molar-refractivity contribution in [2.45, 2.75) is 33.1 Å². The maximum atomic E-state index is 11.9. The van der Waals surface area contributed by atoms with Crippen LogP contribution in [0, 0.1) is 0 Å². The molecule has 0 bridgehead atoms. The lowest BCUT2D eigenvalue weighted by atomic mass is 10.1. The molecule has 1 aromatic rings. The van der Waals surface area contributed by atoms with Gasteiger partial charge in [-0.25, -0.2) is 0 Å². The van der Waals surface area contributed by atoms with Crippen LogP contribution in [0.25, 0.3) is 0 Å². The van der Waals surface area contributed by atoms with Crippen LogP contribution in [0.4, 0.5) is 0 Å². The second-order valence-corrected chi connectivity index (χ2v) is 4.04. The highest BCUT2D eigenvalue weighted by Crippen LogP contribution is 2.14. The SMILES string of the molecule is CCOC(=O)CCCC(=O)c1ccc(OCC)cc1. The number of carbonyl (C=O) groups excluding carboxylic acids is 2. The van der Waals surface area contributed by atoms with Crippen molar-refractivity contribution in [1.29, 1.82) is 0 Å². The summed E-state index contributed by atoms with van der Waals surface area (Å²) in [5, 5.41) is 0. The predicted molar refractivity (Wildman–Crippen MR) is 72.4 cm³/mol. The third kappa shape index (κ3) is 5.55. The summed E-state index contributed by atoms with van der Waals surface area (Å²) in [6.45, 7) is 4.66. The van der Waals surface area contributed by atoms with Crippen molar-refractivity contribution < 1.29 is 19.1 Å². The topological polar surface area (TPSA) is 52.6 Å². The summed E-state index contributed by atoms with van der Waals surface area (Å²) in [7, 11) is 0. The van der Waals surface area contributed by atoms with E-state index in [1.165, 1.54) is 0 Å². The minimum Gasteiger partial charge on any atom is -0.494 e. The first-order chi connectivity index (χ1) is 9.17. The van der Waals surface area contributed by atoms with Crippen LogP contribution in [0.3, 0.4) is 0 Å². The van der Waals surface area contributed by atoms with Crippen LogP contribution in [0.15, 0.2) is 24.3 Å². The average molecular weight is 264 g/mol. The Balaban J connectivity index is 2.38. The largest absolute Gasteiger partial charge is 0.494 e. The number of carbonyl (C=O) groups is 2. The summed E-state index contributed by atoms with van der Waals surface area (Å²) in [4.78, 5) is 23.0. The monoisotopic (exact) mass is 264 g/mol. The molecular formula is C15H20O4. The summed E-state index contributed by atoms with van der Waals surface area (Å²) in [5.41, 5.74) is 0.646. The smallest absolute Gasteiger partial charge is 0.305 e. The Bertz CT molecular complexity index is 409. The molecule has 0 unspecified atom stereocenters. The minimum atomic E-state index is -0.248. The molecule has 0 atom stereocenters. The van der Waals surface area contributed by atoms with E-state index < -0.39 is 0 Å². The molecule has 0 heterocycles. The minimum absolute atomic E-state index is 0.0346. The van der Waals surface area contributed by atoms with Gasteiger partial charge in [-0.2, -0.15) is 0 Å². The molecule has 0 saturated carbocycles. The predicted octanol–water partition coefficient (Wildman–Crippen LogP) is 3.00. The normalized spacial score (nSPS) is 10.0. The summed E-state index contributed by atoms with van der Waals surface area (Å²) >= 11 is 0. The number of hydrogen-bond acceptors (Lipinski definition) is 4. The third-order valence-electron chi connectivity index (χ3n) is 2.58. The number of esters is 1. The fraction of sp³-hybridized carbons (Fsp3) is 0.467. The molecule has 0 aliphatic carbocycles. The lowest BCUT2D eigenvalue weighted by Crippen LogP contribution is -2.05. The Morgan fingerprint density at radius 2 is 1.68 bits per heavy atom. The standard InChI is InChI=1S/C15H20O4/c1-3-18-13-10-8-12(9-11-13)14(16)6-5-7-15(17)19-4-2/h8-11H,3-7H2,1-2H3. The van der Waals surface area contributed by atoms with Crippen molar-refractivity contribution in [3.63, 3.8) is 0 Å². The maximum absolute atomic E-state index is 11.9. The first-order valence-corrected chi connectivity index (χ1v) is 6.59. The fourth-order valence-corrected chi connectivity index (χ4v) is 1.67. The van der Waals surface area contributed by atoms with Gasteiger partial charge in [-0.05, 0) is 44.5 Å². The van der Waals surface area contributed by atoms with Gasteiger partial charge in [0, 0.05) is 18.4 Å². The lowest BCUT2D eigenvalue weighted by Gasteiger charge is -2.04. The number of ether oxygens (including phenoxy) is 2. The zero-order chi connectivity index (χ0) is 14.1. The van der Waals surface area contributed by atoms with E-state index in [0.29, 0.717) is 31.6 Å². The molecule has 0 N–H and O–H groups in total. The van der Waals surface area contributed by atoms with Crippen molar-refractivity contribution in [3.8, 4) is 5.75 Å². The van der Waals surface area contributed by atoms with Gasteiger partial charge in [0.1, 0.15) is 5.75 Å². The molecule has 104 valence electrons. The molecule has 0 fully saturated rings. The Hall–Kier alpha value is -1.84. The Labute approximate surface area is 113 Å². The first kappa shape index (κ1) is 15.2. The molecule has 4 nitrogen and oxygen atoms in total. The molecule has 1 aromatic carbocycles. The van der Waals surface area contributed by atoms with E-state index in [4.69, 9.17) is 9.47 Å². The van der Waals surface area contributed by atoms with Gasteiger partial charge >= 0.3 is 5.97 Å². The first-order valence-electron chi connectivity index (χ1n) is 6.59. The van der Waals surface area contributed by atoms with E-state index in [2.05, 4.69) is 0 Å². The van der Waals surface area contributed by atoms with E-state index >= 15 is 0 Å². The molecule has 0 aliphatic heterocycles. The molecule has 0 radical (unpaired) electrons. The molecule has 0 aliphatic rings. The van der Waals surface area contributed by atoms with E-state index in [1.54, 1.807) is 31.2 Å². The maximum Gasteiger partial charge on any atom is 0.305 e. The summed E-state index contributed by atoms with van der Waals surface area (Å²) < 4.78 is 10.1. The number of ketones is 1. The second-order valence-electron chi connectivity index (χ2n) is 4.04. The van der Waals surface area contributed by atoms with Crippen molar-refractivity contribution >= 4 is 11.8 Å². The van der Waals surface area contributed by atoms with Gasteiger partial charge < -0.3 is 9.47 Å². The molecule has 0 spiro atoms. The zero-order valence-electron chi connectivity index (χ0n) is 11.5. The number of Topliss-reactive ketones (excluding diaryl/α,β-unsaturated/α-hetero) is 1. The Morgan fingerprint density at radius 3 is 2.26 bits per heavy atom. The van der Waals surface area contributed by atoms with Crippen LogP contribution in [-0.4, -0.2) is 25.0 Å². The number of benzene rings is 1. The summed E-state index contributed by atoms with van der Waals surface area (Å²) in [6.07, 6.45) is 1.16. The highest BCUT2D eigenvalue weighted by molar-refractivity contribution is 5.96. The van der Waals surface area contributed by atoms with Crippen LogP contribution in [-0.2, 0) is 9.53 Å². The van der Waals surface area contributed by atoms with Gasteiger partial charge in [0.25, 0.3) is 0 Å². The quantitative estimate of drug-likeness (QED) is 0.535. The van der Waals surface area contributed by atoms with Gasteiger partial charge in [0.15, 0.2) is 5.78 Å². The summed E-state index contributed by atoms with van der Waals surface area (Å²) in [5.74, 6) is 0.542. The van der Waals surface area contributed by atoms with Crippen LogP contribution < -0.4 is 4.74 Å². The van der Waals surface area contributed by atoms with Crippen molar-refractivity contribution in [1.82, 2.24) is 0 Å². The molecule has 1 rings (SSSR count). The molecule has 0 aromatic heterocycles. The Morgan fingerprint density at radius 1 is 1.00 bits per heavy atom. The van der Waals surface area contributed by atoms with Crippen LogP contribution >= 0.6 is 0 Å². The highest BCUT2D eigenvalue weighted by Gasteiger charge is 2.08. The fourth-order valence-electron chi connectivity index (χ4n) is 1.67. The lowest BCUT2D eigenvalue weighted by molar-refractivity contribution is -0.143. The van der Waals surface area contributed by atoms with E-state index in [0.717, 1.165) is 5.75 Å². The van der Waals surface area contributed by atoms with E-state index in [-0.39, 0.29) is 18.2 Å². The van der Waals surface area contributed by atoms with Crippen LogP contribution in [0.2, 0.25) is 0 Å². The van der Waals surface area contributed by atoms with Gasteiger partial charge in [0.05, 0.1) is 13.2 Å². The van der Waals surface area contributed by atoms with Crippen molar-refractivity contribution in [2.24, 2.45) is 0 Å². The average Bonchev–Trinajstić information content (AvgIpc) is 2.40. The van der Waals surface area contributed by atoms with Gasteiger partial charge in [-0.1, -0.05) is 0 Å². The molecule has 0 amide bonds. The highest BCUT2D eigenvalue weighted by atomic mass is 16.5. The summed E-state index contributed by atoms with van der Waals surface area (Å²) in [6, 6.07) is 7.06. The molecule has 4 heteroatoms. The van der Waals surface area contributed by atoms with Crippen LogP contribution in [0.5, 0.6) is 5.75 Å². The van der Waals surface area contributed by atoms with Gasteiger partial charge in [-0.3, -0.25) is 9.59 Å². The molecular weight excluding hydrogens is 244 g/mol.